The number of benzene rings is 2. The average Bonchev–Trinajstić information content (AvgIpc) is 3.06. The van der Waals surface area contributed by atoms with E-state index in [4.69, 9.17) is 0 Å². The maximum Gasteiger partial charge on any atom is 0.247 e. The number of likely N-dealkylation sites (tertiary alicyclic amines) is 1. The third-order valence-electron chi connectivity index (χ3n) is 6.28. The van der Waals surface area contributed by atoms with Gasteiger partial charge in [0.1, 0.15) is 11.4 Å². The molecule has 1 spiro atoms. The second-order valence-corrected chi connectivity index (χ2v) is 7.98. The van der Waals surface area contributed by atoms with Crippen molar-refractivity contribution in [3.05, 3.63) is 72.1 Å². The summed E-state index contributed by atoms with van der Waals surface area (Å²) in [5.41, 5.74) is 2.92. The Kier molecular flexibility index (Phi) is 5.67. The van der Waals surface area contributed by atoms with E-state index < -0.39 is 5.54 Å². The number of halogens is 1. The molecule has 0 saturated carbocycles. The van der Waals surface area contributed by atoms with E-state index in [1.807, 2.05) is 30.3 Å². The van der Waals surface area contributed by atoms with Crippen molar-refractivity contribution < 1.29 is 9.18 Å². The summed E-state index contributed by atoms with van der Waals surface area (Å²) in [4.78, 5) is 17.4. The van der Waals surface area contributed by atoms with E-state index in [1.54, 1.807) is 0 Å². The van der Waals surface area contributed by atoms with Crippen LogP contribution >= 0.6 is 0 Å². The summed E-state index contributed by atoms with van der Waals surface area (Å²) in [6, 6.07) is 16.9. The topological polar surface area (TPSA) is 35.6 Å². The van der Waals surface area contributed by atoms with Gasteiger partial charge in [0, 0.05) is 25.3 Å². The summed E-state index contributed by atoms with van der Waals surface area (Å²) >= 11 is 0. The lowest BCUT2D eigenvalue weighted by molar-refractivity contribution is -0.125. The van der Waals surface area contributed by atoms with Gasteiger partial charge in [0.2, 0.25) is 5.91 Å². The monoisotopic (exact) mass is 393 g/mol. The van der Waals surface area contributed by atoms with Crippen LogP contribution in [0, 0.1) is 5.82 Å². The first-order valence-corrected chi connectivity index (χ1v) is 10.3. The Hall–Kier alpha value is -2.66. The predicted molar refractivity (Wildman–Crippen MR) is 115 cm³/mol. The molecular formula is C24H28FN3O. The van der Waals surface area contributed by atoms with Crippen molar-refractivity contribution >= 4 is 17.2 Å². The van der Waals surface area contributed by atoms with Gasteiger partial charge in [-0.05, 0) is 61.6 Å². The second kappa shape index (κ2) is 8.37. The van der Waals surface area contributed by atoms with Crippen molar-refractivity contribution in [3.63, 3.8) is 0 Å². The standard InChI is InChI=1S/C24H28FN3O/c1-19(20-9-11-21(25)12-10-20)6-5-15-27-16-13-24(14-17-27)23(29)26-18-28(24)22-7-3-2-4-8-22/h2-4,6-12H,5,13-18H2,1H3,(H,26,29). The summed E-state index contributed by atoms with van der Waals surface area (Å²) in [6.07, 6.45) is 4.85. The number of carbonyl (C=O) groups excluding carboxylic acids is 1. The molecule has 0 aromatic heterocycles. The van der Waals surface area contributed by atoms with Gasteiger partial charge in [0.05, 0.1) is 6.67 Å². The van der Waals surface area contributed by atoms with Crippen molar-refractivity contribution in [1.29, 1.82) is 0 Å². The van der Waals surface area contributed by atoms with Crippen LogP contribution in [0.4, 0.5) is 10.1 Å². The van der Waals surface area contributed by atoms with Gasteiger partial charge in [0.25, 0.3) is 0 Å². The van der Waals surface area contributed by atoms with Gasteiger partial charge < -0.3 is 15.1 Å². The quantitative estimate of drug-likeness (QED) is 0.833. The van der Waals surface area contributed by atoms with Crippen LogP contribution in [-0.4, -0.2) is 42.6 Å². The fourth-order valence-electron chi connectivity index (χ4n) is 4.47. The molecule has 2 aliphatic heterocycles. The van der Waals surface area contributed by atoms with Crippen LogP contribution < -0.4 is 10.2 Å². The second-order valence-electron chi connectivity index (χ2n) is 7.98. The van der Waals surface area contributed by atoms with E-state index in [9.17, 15) is 9.18 Å². The molecule has 29 heavy (non-hydrogen) atoms. The SMILES string of the molecule is CC(=CCCN1CCC2(CC1)C(=O)NCN2c1ccccc1)c1ccc(F)cc1. The first kappa shape index (κ1) is 19.6. The normalized spacial score (nSPS) is 19.6. The van der Waals surface area contributed by atoms with E-state index >= 15 is 0 Å². The van der Waals surface area contributed by atoms with Gasteiger partial charge in [-0.1, -0.05) is 36.4 Å². The number of rotatable bonds is 5. The van der Waals surface area contributed by atoms with Crippen LogP contribution in [-0.2, 0) is 4.79 Å². The van der Waals surface area contributed by atoms with Gasteiger partial charge in [-0.3, -0.25) is 4.79 Å². The van der Waals surface area contributed by atoms with Crippen LogP contribution in [0.1, 0.15) is 31.7 Å². The molecule has 2 fully saturated rings. The molecule has 0 radical (unpaired) electrons. The molecule has 2 aromatic carbocycles. The Labute approximate surface area is 172 Å². The van der Waals surface area contributed by atoms with Gasteiger partial charge in [-0.2, -0.15) is 0 Å². The molecular weight excluding hydrogens is 365 g/mol. The number of nitrogens with one attached hydrogen (secondary N) is 1. The number of nitrogens with zero attached hydrogens (tertiary/aromatic N) is 2. The molecule has 4 nitrogen and oxygen atoms in total. The van der Waals surface area contributed by atoms with E-state index in [1.165, 1.54) is 17.7 Å². The van der Waals surface area contributed by atoms with Gasteiger partial charge in [-0.25, -0.2) is 4.39 Å². The average molecular weight is 394 g/mol. The number of piperidine rings is 1. The minimum atomic E-state index is -0.419. The first-order chi connectivity index (χ1) is 14.1. The van der Waals surface area contributed by atoms with Crippen LogP contribution in [0.5, 0.6) is 0 Å². The van der Waals surface area contributed by atoms with Crippen LogP contribution in [0.15, 0.2) is 60.7 Å². The summed E-state index contributed by atoms with van der Waals surface area (Å²) < 4.78 is 13.1. The Balaban J connectivity index is 1.34. The highest BCUT2D eigenvalue weighted by molar-refractivity contribution is 5.93. The largest absolute Gasteiger partial charge is 0.339 e. The lowest BCUT2D eigenvalue weighted by atomic mass is 9.85. The van der Waals surface area contributed by atoms with Crippen molar-refractivity contribution in [2.75, 3.05) is 31.2 Å². The molecule has 0 bridgehead atoms. The maximum atomic E-state index is 13.1. The smallest absolute Gasteiger partial charge is 0.247 e. The highest BCUT2D eigenvalue weighted by Gasteiger charge is 2.50. The van der Waals surface area contributed by atoms with Gasteiger partial charge in [0.15, 0.2) is 0 Å². The van der Waals surface area contributed by atoms with E-state index in [-0.39, 0.29) is 11.7 Å². The van der Waals surface area contributed by atoms with Crippen LogP contribution in [0.2, 0.25) is 0 Å². The Morgan fingerprint density at radius 1 is 1.10 bits per heavy atom. The number of amides is 1. The molecule has 2 saturated heterocycles. The number of hydrogen-bond donors (Lipinski definition) is 1. The maximum absolute atomic E-state index is 13.1. The lowest BCUT2D eigenvalue weighted by Gasteiger charge is -2.43. The van der Waals surface area contributed by atoms with Crippen LogP contribution in [0.25, 0.3) is 5.57 Å². The minimum absolute atomic E-state index is 0.160. The number of hydrogen-bond acceptors (Lipinski definition) is 3. The Bertz CT molecular complexity index is 871. The summed E-state index contributed by atoms with van der Waals surface area (Å²) in [6.45, 7) is 5.46. The molecule has 5 heteroatoms. The zero-order valence-electron chi connectivity index (χ0n) is 16.9. The lowest BCUT2D eigenvalue weighted by Crippen LogP contribution is -2.56. The minimum Gasteiger partial charge on any atom is -0.339 e. The predicted octanol–water partition coefficient (Wildman–Crippen LogP) is 4.05. The van der Waals surface area contributed by atoms with Crippen LogP contribution in [0.3, 0.4) is 0 Å². The molecule has 2 aliphatic rings. The highest BCUT2D eigenvalue weighted by Crippen LogP contribution is 2.36. The third-order valence-corrected chi connectivity index (χ3v) is 6.28. The van der Waals surface area contributed by atoms with Crippen molar-refractivity contribution in [3.8, 4) is 0 Å². The molecule has 152 valence electrons. The fourth-order valence-corrected chi connectivity index (χ4v) is 4.47. The van der Waals surface area contributed by atoms with Crippen molar-refractivity contribution in [2.24, 2.45) is 0 Å². The zero-order chi connectivity index (χ0) is 20.3. The van der Waals surface area contributed by atoms with Crippen molar-refractivity contribution in [2.45, 2.75) is 31.7 Å². The Morgan fingerprint density at radius 3 is 2.48 bits per heavy atom. The summed E-state index contributed by atoms with van der Waals surface area (Å²) in [5.74, 6) is -0.0441. The fraction of sp³-hybridized carbons (Fsp3) is 0.375. The molecule has 0 atom stereocenters. The highest BCUT2D eigenvalue weighted by atomic mass is 19.1. The van der Waals surface area contributed by atoms with E-state index in [2.05, 4.69) is 40.2 Å². The number of carbonyl (C=O) groups is 1. The number of para-hydroxylation sites is 1. The molecule has 0 unspecified atom stereocenters. The van der Waals surface area contributed by atoms with Gasteiger partial charge >= 0.3 is 0 Å². The first-order valence-electron chi connectivity index (χ1n) is 10.3. The third kappa shape index (κ3) is 4.06. The van der Waals surface area contributed by atoms with Gasteiger partial charge in [-0.15, -0.1) is 0 Å². The molecule has 0 aliphatic carbocycles. The summed E-state index contributed by atoms with van der Waals surface area (Å²) in [7, 11) is 0. The summed E-state index contributed by atoms with van der Waals surface area (Å²) in [5, 5.41) is 3.06. The number of anilines is 1. The molecule has 1 N–H and O–H groups in total. The molecule has 1 amide bonds. The molecule has 2 aromatic rings. The molecule has 2 heterocycles. The number of allylic oxidation sites excluding steroid dienone is 1. The van der Waals surface area contributed by atoms with E-state index in [0.717, 1.165) is 50.1 Å². The van der Waals surface area contributed by atoms with E-state index in [0.29, 0.717) is 6.67 Å². The van der Waals surface area contributed by atoms with Crippen molar-refractivity contribution in [1.82, 2.24) is 10.2 Å². The zero-order valence-corrected chi connectivity index (χ0v) is 16.9. The Morgan fingerprint density at radius 2 is 1.79 bits per heavy atom. The molecule has 4 rings (SSSR count).